The predicted octanol–water partition coefficient (Wildman–Crippen LogP) is 2.37. The van der Waals surface area contributed by atoms with Crippen molar-refractivity contribution in [2.75, 3.05) is 27.2 Å². The van der Waals surface area contributed by atoms with E-state index in [2.05, 4.69) is 4.90 Å². The van der Waals surface area contributed by atoms with Crippen LogP contribution in [0.15, 0.2) is 24.3 Å². The second-order valence-corrected chi connectivity index (χ2v) is 4.63. The summed E-state index contributed by atoms with van der Waals surface area (Å²) in [5.74, 6) is 0.263. The van der Waals surface area contributed by atoms with Crippen LogP contribution in [-0.2, 0) is 4.74 Å². The van der Waals surface area contributed by atoms with E-state index in [0.717, 1.165) is 25.9 Å². The highest BCUT2D eigenvalue weighted by atomic mass is 35.5. The molecule has 1 atom stereocenters. The van der Waals surface area contributed by atoms with Gasteiger partial charge < -0.3 is 14.4 Å². The lowest BCUT2D eigenvalue weighted by Gasteiger charge is -2.29. The van der Waals surface area contributed by atoms with E-state index in [1.54, 1.807) is 19.2 Å². The van der Waals surface area contributed by atoms with Gasteiger partial charge in [-0.2, -0.15) is 0 Å². The van der Waals surface area contributed by atoms with Crippen LogP contribution in [0.25, 0.3) is 0 Å². The molecule has 1 aromatic carbocycles. The first-order chi connectivity index (χ1) is 8.70. The van der Waals surface area contributed by atoms with E-state index in [4.69, 9.17) is 9.47 Å². The first-order valence-electron chi connectivity index (χ1n) is 6.23. The number of hydrogen-bond donors (Lipinski definition) is 0. The minimum absolute atomic E-state index is 0. The fourth-order valence-electron chi connectivity index (χ4n) is 2.24. The summed E-state index contributed by atoms with van der Waals surface area (Å²) in [4.78, 5) is 14.3. The van der Waals surface area contributed by atoms with Crippen molar-refractivity contribution in [3.63, 3.8) is 0 Å². The van der Waals surface area contributed by atoms with Gasteiger partial charge in [-0.25, -0.2) is 4.79 Å². The summed E-state index contributed by atoms with van der Waals surface area (Å²) in [5.41, 5.74) is 0.494. The molecule has 1 aromatic rings. The van der Waals surface area contributed by atoms with Crippen LogP contribution in [0.1, 0.15) is 23.2 Å². The van der Waals surface area contributed by atoms with Crippen molar-refractivity contribution < 1.29 is 14.3 Å². The SMILES string of the molecule is COc1ccccc1C(=O)OC1CCCN(C)C1.Cl. The zero-order valence-electron chi connectivity index (χ0n) is 11.3. The average Bonchev–Trinajstić information content (AvgIpc) is 2.38. The summed E-state index contributed by atoms with van der Waals surface area (Å²) in [7, 11) is 3.60. The normalized spacial score (nSPS) is 19.4. The molecule has 1 unspecified atom stereocenters. The summed E-state index contributed by atoms with van der Waals surface area (Å²) in [6.45, 7) is 1.88. The van der Waals surface area contributed by atoms with Crippen LogP contribution in [0.5, 0.6) is 5.75 Å². The Balaban J connectivity index is 0.00000180. The number of rotatable bonds is 3. The summed E-state index contributed by atoms with van der Waals surface area (Å²) in [5, 5.41) is 0. The Morgan fingerprint density at radius 3 is 2.79 bits per heavy atom. The number of hydrogen-bond acceptors (Lipinski definition) is 4. The van der Waals surface area contributed by atoms with Crippen molar-refractivity contribution in [1.29, 1.82) is 0 Å². The van der Waals surface area contributed by atoms with Crippen LogP contribution < -0.4 is 4.74 Å². The van der Waals surface area contributed by atoms with Crippen molar-refractivity contribution in [2.45, 2.75) is 18.9 Å². The van der Waals surface area contributed by atoms with E-state index in [9.17, 15) is 4.79 Å². The van der Waals surface area contributed by atoms with Crippen molar-refractivity contribution in [1.82, 2.24) is 4.90 Å². The standard InChI is InChI=1S/C14H19NO3.ClH/c1-15-9-5-6-11(10-15)18-14(16)12-7-3-4-8-13(12)17-2;/h3-4,7-8,11H,5-6,9-10H2,1-2H3;1H. The molecule has 0 radical (unpaired) electrons. The van der Waals surface area contributed by atoms with Gasteiger partial charge in [-0.05, 0) is 38.6 Å². The molecule has 1 fully saturated rings. The summed E-state index contributed by atoms with van der Waals surface area (Å²) >= 11 is 0. The number of likely N-dealkylation sites (tertiary alicyclic amines) is 1. The third-order valence-corrected chi connectivity index (χ3v) is 3.18. The molecule has 0 N–H and O–H groups in total. The fourth-order valence-corrected chi connectivity index (χ4v) is 2.24. The highest BCUT2D eigenvalue weighted by molar-refractivity contribution is 5.92. The number of benzene rings is 1. The number of likely N-dealkylation sites (N-methyl/N-ethyl adjacent to an activating group) is 1. The maximum atomic E-state index is 12.1. The van der Waals surface area contributed by atoms with E-state index in [0.29, 0.717) is 11.3 Å². The molecule has 5 heteroatoms. The number of ether oxygens (including phenoxy) is 2. The molecule has 0 aromatic heterocycles. The van der Waals surface area contributed by atoms with Gasteiger partial charge in [-0.3, -0.25) is 0 Å². The number of esters is 1. The highest BCUT2D eigenvalue weighted by Gasteiger charge is 2.22. The van der Waals surface area contributed by atoms with Crippen LogP contribution >= 0.6 is 12.4 Å². The van der Waals surface area contributed by atoms with Crippen LogP contribution in [0, 0.1) is 0 Å². The third-order valence-electron chi connectivity index (χ3n) is 3.18. The average molecular weight is 286 g/mol. The summed E-state index contributed by atoms with van der Waals surface area (Å²) < 4.78 is 10.7. The van der Waals surface area contributed by atoms with Gasteiger partial charge in [-0.1, -0.05) is 12.1 Å². The molecule has 106 valence electrons. The van der Waals surface area contributed by atoms with Crippen LogP contribution in [0.3, 0.4) is 0 Å². The number of nitrogens with zero attached hydrogens (tertiary/aromatic N) is 1. The molecule has 1 aliphatic heterocycles. The van der Waals surface area contributed by atoms with Crippen molar-refractivity contribution in [3.05, 3.63) is 29.8 Å². The molecular formula is C14H20ClNO3. The Morgan fingerprint density at radius 1 is 1.37 bits per heavy atom. The number of carbonyl (C=O) groups is 1. The Bertz CT molecular complexity index is 425. The van der Waals surface area contributed by atoms with Gasteiger partial charge in [0, 0.05) is 6.54 Å². The van der Waals surface area contributed by atoms with Crippen LogP contribution in [0.2, 0.25) is 0 Å². The Labute approximate surface area is 120 Å². The molecule has 0 amide bonds. The Morgan fingerprint density at radius 2 is 2.11 bits per heavy atom. The zero-order chi connectivity index (χ0) is 13.0. The molecule has 0 saturated carbocycles. The van der Waals surface area contributed by atoms with Gasteiger partial charge in [-0.15, -0.1) is 12.4 Å². The summed E-state index contributed by atoms with van der Waals surface area (Å²) in [6.07, 6.45) is 1.99. The second-order valence-electron chi connectivity index (χ2n) is 4.63. The van der Waals surface area contributed by atoms with Crippen molar-refractivity contribution >= 4 is 18.4 Å². The van der Waals surface area contributed by atoms with Gasteiger partial charge in [0.25, 0.3) is 0 Å². The molecule has 19 heavy (non-hydrogen) atoms. The van der Waals surface area contributed by atoms with Gasteiger partial charge >= 0.3 is 5.97 Å². The monoisotopic (exact) mass is 285 g/mol. The quantitative estimate of drug-likeness (QED) is 0.799. The van der Waals surface area contributed by atoms with Gasteiger partial charge in [0.1, 0.15) is 17.4 Å². The minimum atomic E-state index is -0.298. The smallest absolute Gasteiger partial charge is 0.342 e. The number of piperidine rings is 1. The lowest BCUT2D eigenvalue weighted by atomic mass is 10.1. The third kappa shape index (κ3) is 4.11. The first kappa shape index (κ1) is 15.8. The molecule has 4 nitrogen and oxygen atoms in total. The molecule has 0 bridgehead atoms. The van der Waals surface area contributed by atoms with E-state index in [1.807, 2.05) is 19.2 Å². The number of halogens is 1. The van der Waals surface area contributed by atoms with Gasteiger partial charge in [0.2, 0.25) is 0 Å². The Kier molecular flexibility index (Phi) is 6.12. The largest absolute Gasteiger partial charge is 0.496 e. The minimum Gasteiger partial charge on any atom is -0.496 e. The highest BCUT2D eigenvalue weighted by Crippen LogP contribution is 2.20. The lowest BCUT2D eigenvalue weighted by molar-refractivity contribution is 0.0106. The van der Waals surface area contributed by atoms with Crippen molar-refractivity contribution in [2.24, 2.45) is 0 Å². The second kappa shape index (κ2) is 7.36. The lowest BCUT2D eigenvalue weighted by Crippen LogP contribution is -2.38. The van der Waals surface area contributed by atoms with Gasteiger partial charge in [0.05, 0.1) is 7.11 Å². The molecule has 0 aliphatic carbocycles. The Hall–Kier alpha value is -1.26. The maximum Gasteiger partial charge on any atom is 0.342 e. The van der Waals surface area contributed by atoms with Crippen LogP contribution in [0.4, 0.5) is 0 Å². The van der Waals surface area contributed by atoms with E-state index in [-0.39, 0.29) is 24.5 Å². The molecular weight excluding hydrogens is 266 g/mol. The number of methoxy groups -OCH3 is 1. The maximum absolute atomic E-state index is 12.1. The molecule has 1 saturated heterocycles. The first-order valence-corrected chi connectivity index (χ1v) is 6.23. The van der Waals surface area contributed by atoms with Gasteiger partial charge in [0.15, 0.2) is 0 Å². The van der Waals surface area contributed by atoms with E-state index in [1.165, 1.54) is 0 Å². The molecule has 0 spiro atoms. The zero-order valence-corrected chi connectivity index (χ0v) is 12.1. The summed E-state index contributed by atoms with van der Waals surface area (Å²) in [6, 6.07) is 7.15. The number of carbonyl (C=O) groups excluding carboxylic acids is 1. The topological polar surface area (TPSA) is 38.8 Å². The molecule has 2 rings (SSSR count). The molecule has 1 aliphatic rings. The predicted molar refractivity (Wildman–Crippen MR) is 76.2 cm³/mol. The molecule has 1 heterocycles. The van der Waals surface area contributed by atoms with E-state index < -0.39 is 0 Å². The number of para-hydroxylation sites is 1. The van der Waals surface area contributed by atoms with E-state index >= 15 is 0 Å². The van der Waals surface area contributed by atoms with Crippen molar-refractivity contribution in [3.8, 4) is 5.75 Å². The fraction of sp³-hybridized carbons (Fsp3) is 0.500. The van der Waals surface area contributed by atoms with Crippen LogP contribution in [-0.4, -0.2) is 44.2 Å².